The summed E-state index contributed by atoms with van der Waals surface area (Å²) >= 11 is 0. The van der Waals surface area contributed by atoms with E-state index < -0.39 is 18.8 Å². The van der Waals surface area contributed by atoms with E-state index in [0.717, 1.165) is 5.69 Å². The second-order valence-electron chi connectivity index (χ2n) is 3.59. The van der Waals surface area contributed by atoms with Gasteiger partial charge in [0.15, 0.2) is 0 Å². The summed E-state index contributed by atoms with van der Waals surface area (Å²) in [6.07, 6.45) is -1.13. The van der Waals surface area contributed by atoms with Gasteiger partial charge in [-0.2, -0.15) is 15.0 Å². The first-order valence-electron chi connectivity index (χ1n) is 5.17. The number of para-hydroxylation sites is 1. The molecule has 0 amide bonds. The molecule has 2 atom stereocenters. The smallest absolute Gasteiger partial charge is 0.127 e. The largest absolute Gasteiger partial charge is 0.394 e. The molecular formula is C11H13N3O3. The molecular weight excluding hydrogens is 222 g/mol. The summed E-state index contributed by atoms with van der Waals surface area (Å²) in [7, 11) is 0. The van der Waals surface area contributed by atoms with Gasteiger partial charge in [-0.25, -0.2) is 0 Å². The highest BCUT2D eigenvalue weighted by molar-refractivity contribution is 5.28. The van der Waals surface area contributed by atoms with Crippen LogP contribution in [0.2, 0.25) is 0 Å². The number of hydrogen-bond acceptors (Lipinski definition) is 5. The highest BCUT2D eigenvalue weighted by Gasteiger charge is 2.20. The van der Waals surface area contributed by atoms with E-state index in [-0.39, 0.29) is 5.69 Å². The van der Waals surface area contributed by atoms with E-state index in [1.807, 2.05) is 30.3 Å². The topological polar surface area (TPSA) is 91.4 Å². The fourth-order valence-corrected chi connectivity index (χ4v) is 1.39. The van der Waals surface area contributed by atoms with Crippen LogP contribution >= 0.6 is 0 Å². The van der Waals surface area contributed by atoms with Crippen LogP contribution in [0.3, 0.4) is 0 Å². The molecule has 0 fully saturated rings. The molecule has 0 aliphatic rings. The molecule has 1 heterocycles. The maximum Gasteiger partial charge on any atom is 0.127 e. The Hall–Kier alpha value is -1.76. The maximum atomic E-state index is 9.62. The Morgan fingerprint density at radius 3 is 2.53 bits per heavy atom. The predicted molar refractivity (Wildman–Crippen MR) is 59.4 cm³/mol. The second-order valence-corrected chi connectivity index (χ2v) is 3.59. The van der Waals surface area contributed by atoms with Gasteiger partial charge in [0.25, 0.3) is 0 Å². The lowest BCUT2D eigenvalue weighted by molar-refractivity contribution is -0.0174. The minimum Gasteiger partial charge on any atom is -0.394 e. The van der Waals surface area contributed by atoms with Crippen molar-refractivity contribution < 1.29 is 15.3 Å². The van der Waals surface area contributed by atoms with Crippen LogP contribution in [0, 0.1) is 0 Å². The van der Waals surface area contributed by atoms with Gasteiger partial charge in [-0.15, -0.1) is 0 Å². The molecule has 0 aliphatic carbocycles. The van der Waals surface area contributed by atoms with Crippen LogP contribution < -0.4 is 0 Å². The highest BCUT2D eigenvalue weighted by Crippen LogP contribution is 2.14. The van der Waals surface area contributed by atoms with Crippen LogP contribution in [0.25, 0.3) is 5.69 Å². The average molecular weight is 235 g/mol. The van der Waals surface area contributed by atoms with Crippen LogP contribution in [0.15, 0.2) is 36.5 Å². The van der Waals surface area contributed by atoms with E-state index >= 15 is 0 Å². The number of aromatic nitrogens is 3. The summed E-state index contributed by atoms with van der Waals surface area (Å²) in [5.41, 5.74) is 0.972. The second kappa shape index (κ2) is 5.05. The molecule has 2 aromatic rings. The molecule has 0 bridgehead atoms. The van der Waals surface area contributed by atoms with E-state index in [9.17, 15) is 10.2 Å². The first-order valence-corrected chi connectivity index (χ1v) is 5.17. The Kier molecular flexibility index (Phi) is 3.48. The zero-order chi connectivity index (χ0) is 12.3. The molecule has 0 radical (unpaired) electrons. The first kappa shape index (κ1) is 11.7. The van der Waals surface area contributed by atoms with E-state index in [0.29, 0.717) is 0 Å². The molecule has 90 valence electrons. The Morgan fingerprint density at radius 1 is 1.18 bits per heavy atom. The number of aliphatic hydroxyl groups excluding tert-OH is 3. The number of rotatable bonds is 4. The lowest BCUT2D eigenvalue weighted by Gasteiger charge is -2.11. The van der Waals surface area contributed by atoms with Crippen LogP contribution in [0.5, 0.6) is 0 Å². The fraction of sp³-hybridized carbons (Fsp3) is 0.273. The summed E-state index contributed by atoms with van der Waals surface area (Å²) < 4.78 is 0. The monoisotopic (exact) mass is 235 g/mol. The number of nitrogens with zero attached hydrogens (tertiary/aromatic N) is 3. The van der Waals surface area contributed by atoms with Gasteiger partial charge in [-0.3, -0.25) is 0 Å². The Labute approximate surface area is 97.8 Å². The maximum absolute atomic E-state index is 9.62. The molecule has 0 unspecified atom stereocenters. The lowest BCUT2D eigenvalue weighted by Crippen LogP contribution is -2.22. The number of benzene rings is 1. The van der Waals surface area contributed by atoms with Crippen molar-refractivity contribution >= 4 is 0 Å². The van der Waals surface area contributed by atoms with Crippen molar-refractivity contribution in [2.45, 2.75) is 12.2 Å². The van der Waals surface area contributed by atoms with E-state index in [2.05, 4.69) is 10.2 Å². The van der Waals surface area contributed by atoms with Crippen molar-refractivity contribution in [3.05, 3.63) is 42.2 Å². The molecule has 1 aromatic carbocycles. The van der Waals surface area contributed by atoms with Crippen molar-refractivity contribution in [1.29, 1.82) is 0 Å². The van der Waals surface area contributed by atoms with E-state index in [1.165, 1.54) is 11.0 Å². The molecule has 0 aliphatic heterocycles. The van der Waals surface area contributed by atoms with Crippen LogP contribution in [0.4, 0.5) is 0 Å². The van der Waals surface area contributed by atoms with Gasteiger partial charge in [-0.1, -0.05) is 18.2 Å². The molecule has 17 heavy (non-hydrogen) atoms. The molecule has 1 aromatic heterocycles. The predicted octanol–water partition coefficient (Wildman–Crippen LogP) is -0.346. The third-order valence-corrected chi connectivity index (χ3v) is 2.35. The quantitative estimate of drug-likeness (QED) is 0.674. The SMILES string of the molecule is OC[C@@H](O)[C@@H](O)c1cnn(-c2ccccc2)n1. The van der Waals surface area contributed by atoms with Gasteiger partial charge < -0.3 is 15.3 Å². The lowest BCUT2D eigenvalue weighted by atomic mass is 10.2. The third kappa shape index (κ3) is 2.50. The van der Waals surface area contributed by atoms with E-state index in [1.54, 1.807) is 0 Å². The van der Waals surface area contributed by atoms with Crippen LogP contribution in [-0.2, 0) is 0 Å². The van der Waals surface area contributed by atoms with Gasteiger partial charge >= 0.3 is 0 Å². The van der Waals surface area contributed by atoms with Crippen LogP contribution in [-0.4, -0.2) is 43.0 Å². The minimum absolute atomic E-state index is 0.218. The third-order valence-electron chi connectivity index (χ3n) is 2.35. The molecule has 0 saturated carbocycles. The van der Waals surface area contributed by atoms with Crippen molar-refractivity contribution in [2.75, 3.05) is 6.61 Å². The van der Waals surface area contributed by atoms with Crippen LogP contribution in [0.1, 0.15) is 11.8 Å². The zero-order valence-corrected chi connectivity index (χ0v) is 9.01. The molecule has 0 saturated heterocycles. The first-order chi connectivity index (χ1) is 8.22. The molecule has 6 nitrogen and oxygen atoms in total. The molecule has 6 heteroatoms. The standard InChI is InChI=1S/C11H13N3O3/c15-7-10(16)11(17)9-6-12-14(13-9)8-4-2-1-3-5-8/h1-6,10-11,15-17H,7H2/t10-,11+/m1/s1. The average Bonchev–Trinajstić information content (AvgIpc) is 2.87. The normalized spacial score (nSPS) is 14.5. The van der Waals surface area contributed by atoms with Gasteiger partial charge in [-0.05, 0) is 12.1 Å². The summed E-state index contributed by atoms with van der Waals surface area (Å²) in [5.74, 6) is 0. The molecule has 3 N–H and O–H groups in total. The Balaban J connectivity index is 2.22. The van der Waals surface area contributed by atoms with Gasteiger partial charge in [0.2, 0.25) is 0 Å². The van der Waals surface area contributed by atoms with Gasteiger partial charge in [0.05, 0.1) is 18.5 Å². The van der Waals surface area contributed by atoms with Gasteiger partial charge in [0, 0.05) is 0 Å². The van der Waals surface area contributed by atoms with Crippen molar-refractivity contribution in [3.63, 3.8) is 0 Å². The summed E-state index contributed by atoms with van der Waals surface area (Å²) in [6, 6.07) is 9.20. The highest BCUT2D eigenvalue weighted by atomic mass is 16.4. The molecule has 0 spiro atoms. The Morgan fingerprint density at radius 2 is 1.88 bits per heavy atom. The van der Waals surface area contributed by atoms with Crippen molar-refractivity contribution in [3.8, 4) is 5.69 Å². The summed E-state index contributed by atoms with van der Waals surface area (Å²) in [4.78, 5) is 1.35. The molecule has 2 rings (SSSR count). The summed E-state index contributed by atoms with van der Waals surface area (Å²) in [5, 5.41) is 35.6. The van der Waals surface area contributed by atoms with Crippen molar-refractivity contribution in [2.24, 2.45) is 0 Å². The van der Waals surface area contributed by atoms with Crippen molar-refractivity contribution in [1.82, 2.24) is 15.0 Å². The van der Waals surface area contributed by atoms with E-state index in [4.69, 9.17) is 5.11 Å². The summed E-state index contributed by atoms with van der Waals surface area (Å²) in [6.45, 7) is -0.528. The minimum atomic E-state index is -1.25. The number of hydrogen-bond donors (Lipinski definition) is 3. The zero-order valence-electron chi connectivity index (χ0n) is 9.01. The Bertz CT molecular complexity index is 472. The number of aliphatic hydroxyl groups is 3. The fourth-order valence-electron chi connectivity index (χ4n) is 1.39. The van der Waals surface area contributed by atoms with Gasteiger partial charge in [0.1, 0.15) is 17.9 Å².